The molecule has 1 rings (SSSR count). The normalized spacial score (nSPS) is 11.7. The largest absolute Gasteiger partial charge is 0.318 e. The summed E-state index contributed by atoms with van der Waals surface area (Å²) in [5.74, 6) is -0.517. The summed E-state index contributed by atoms with van der Waals surface area (Å²) in [7, 11) is -1.89. The van der Waals surface area contributed by atoms with Crippen LogP contribution in [0.25, 0.3) is 0 Å². The van der Waals surface area contributed by atoms with Gasteiger partial charge in [-0.25, -0.2) is 17.5 Å². The summed E-state index contributed by atoms with van der Waals surface area (Å²) >= 11 is 0. The molecular formula is C10H15FN2O2S. The van der Waals surface area contributed by atoms with E-state index >= 15 is 0 Å². The molecule has 4 nitrogen and oxygen atoms in total. The van der Waals surface area contributed by atoms with E-state index in [9.17, 15) is 12.8 Å². The Kier molecular flexibility index (Phi) is 4.40. The highest BCUT2D eigenvalue weighted by Crippen LogP contribution is 2.16. The highest BCUT2D eigenvalue weighted by molar-refractivity contribution is 7.89. The van der Waals surface area contributed by atoms with Crippen LogP contribution in [0.15, 0.2) is 23.1 Å². The van der Waals surface area contributed by atoms with E-state index in [0.29, 0.717) is 6.54 Å². The second-order valence-corrected chi connectivity index (χ2v) is 5.10. The van der Waals surface area contributed by atoms with Gasteiger partial charge in [0.15, 0.2) is 0 Å². The van der Waals surface area contributed by atoms with Crippen molar-refractivity contribution in [3.63, 3.8) is 0 Å². The van der Waals surface area contributed by atoms with Crippen LogP contribution in [0.5, 0.6) is 0 Å². The topological polar surface area (TPSA) is 58.2 Å². The molecule has 0 unspecified atom stereocenters. The van der Waals surface area contributed by atoms with E-state index in [4.69, 9.17) is 0 Å². The smallest absolute Gasteiger partial charge is 0.240 e. The first-order valence-corrected chi connectivity index (χ1v) is 6.36. The lowest BCUT2D eigenvalue weighted by molar-refractivity contribution is 0.573. The lowest BCUT2D eigenvalue weighted by Crippen LogP contribution is -2.31. The van der Waals surface area contributed by atoms with Crippen LogP contribution in [0.3, 0.4) is 0 Å². The van der Waals surface area contributed by atoms with Gasteiger partial charge in [-0.3, -0.25) is 0 Å². The SMILES string of the molecule is CNCCNS(=O)(=O)c1cccc(F)c1C. The number of likely N-dealkylation sites (N-methyl/N-ethyl adjacent to an activating group) is 1. The van der Waals surface area contributed by atoms with Gasteiger partial charge in [-0.05, 0) is 26.1 Å². The average molecular weight is 246 g/mol. The van der Waals surface area contributed by atoms with Gasteiger partial charge >= 0.3 is 0 Å². The monoisotopic (exact) mass is 246 g/mol. The zero-order valence-electron chi connectivity index (χ0n) is 9.25. The molecule has 0 atom stereocenters. The molecule has 1 aromatic rings. The number of halogens is 1. The minimum Gasteiger partial charge on any atom is -0.318 e. The van der Waals surface area contributed by atoms with Gasteiger partial charge in [0.25, 0.3) is 0 Å². The van der Waals surface area contributed by atoms with Crippen LogP contribution in [0.2, 0.25) is 0 Å². The molecule has 16 heavy (non-hydrogen) atoms. The van der Waals surface area contributed by atoms with Crippen LogP contribution >= 0.6 is 0 Å². The van der Waals surface area contributed by atoms with Crippen molar-refractivity contribution in [3.05, 3.63) is 29.6 Å². The van der Waals surface area contributed by atoms with E-state index in [0.717, 1.165) is 0 Å². The fraction of sp³-hybridized carbons (Fsp3) is 0.400. The summed E-state index contributed by atoms with van der Waals surface area (Å²) in [5.41, 5.74) is 0.138. The summed E-state index contributed by atoms with van der Waals surface area (Å²) in [6, 6.07) is 4.01. The van der Waals surface area contributed by atoms with E-state index < -0.39 is 15.8 Å². The van der Waals surface area contributed by atoms with Gasteiger partial charge in [0.1, 0.15) is 5.82 Å². The molecule has 0 aliphatic heterocycles. The van der Waals surface area contributed by atoms with Crippen molar-refractivity contribution in [2.75, 3.05) is 20.1 Å². The summed E-state index contributed by atoms with van der Waals surface area (Å²) in [5, 5.41) is 2.82. The van der Waals surface area contributed by atoms with Crippen LogP contribution in [0.4, 0.5) is 4.39 Å². The van der Waals surface area contributed by atoms with Crippen LogP contribution < -0.4 is 10.0 Å². The molecule has 0 amide bonds. The molecule has 0 spiro atoms. The van der Waals surface area contributed by atoms with E-state index in [-0.39, 0.29) is 17.0 Å². The molecule has 0 radical (unpaired) electrons. The van der Waals surface area contributed by atoms with Crippen LogP contribution in [0, 0.1) is 12.7 Å². The Bertz CT molecular complexity index is 460. The van der Waals surface area contributed by atoms with Crippen LogP contribution in [0.1, 0.15) is 5.56 Å². The third-order valence-corrected chi connectivity index (χ3v) is 3.78. The molecule has 0 fully saturated rings. The molecule has 0 aliphatic rings. The van der Waals surface area contributed by atoms with Crippen molar-refractivity contribution in [3.8, 4) is 0 Å². The van der Waals surface area contributed by atoms with Crippen molar-refractivity contribution < 1.29 is 12.8 Å². The first-order valence-electron chi connectivity index (χ1n) is 4.88. The highest BCUT2D eigenvalue weighted by Gasteiger charge is 2.17. The second-order valence-electron chi connectivity index (χ2n) is 3.36. The number of nitrogens with one attached hydrogen (secondary N) is 2. The fourth-order valence-electron chi connectivity index (χ4n) is 1.27. The highest BCUT2D eigenvalue weighted by atomic mass is 32.2. The Morgan fingerprint density at radius 2 is 2.00 bits per heavy atom. The third kappa shape index (κ3) is 3.01. The Labute approximate surface area is 94.9 Å². The van der Waals surface area contributed by atoms with Gasteiger partial charge in [0, 0.05) is 18.7 Å². The fourth-order valence-corrected chi connectivity index (χ4v) is 2.55. The van der Waals surface area contributed by atoms with Crippen LogP contribution in [-0.2, 0) is 10.0 Å². The van der Waals surface area contributed by atoms with Gasteiger partial charge < -0.3 is 5.32 Å². The number of benzene rings is 1. The maximum atomic E-state index is 13.2. The van der Waals surface area contributed by atoms with Gasteiger partial charge in [0.2, 0.25) is 10.0 Å². The number of hydrogen-bond acceptors (Lipinski definition) is 3. The molecule has 0 aromatic heterocycles. The minimum atomic E-state index is -3.62. The third-order valence-electron chi connectivity index (χ3n) is 2.17. The van der Waals surface area contributed by atoms with E-state index in [1.165, 1.54) is 25.1 Å². The van der Waals surface area contributed by atoms with Gasteiger partial charge in [-0.2, -0.15) is 0 Å². The van der Waals surface area contributed by atoms with Crippen molar-refractivity contribution in [1.82, 2.24) is 10.0 Å². The molecule has 0 heterocycles. The standard InChI is InChI=1S/C10H15FN2O2S/c1-8-9(11)4-3-5-10(8)16(14,15)13-7-6-12-2/h3-5,12-13H,6-7H2,1-2H3. The summed E-state index contributed by atoms with van der Waals surface area (Å²) in [6.45, 7) is 2.24. The maximum absolute atomic E-state index is 13.2. The zero-order chi connectivity index (χ0) is 12.2. The molecule has 6 heteroatoms. The van der Waals surface area contributed by atoms with Crippen molar-refractivity contribution in [2.24, 2.45) is 0 Å². The lowest BCUT2D eigenvalue weighted by atomic mass is 10.2. The molecule has 0 bridgehead atoms. The predicted molar refractivity (Wildman–Crippen MR) is 60.3 cm³/mol. The van der Waals surface area contributed by atoms with Crippen molar-refractivity contribution in [1.29, 1.82) is 0 Å². The van der Waals surface area contributed by atoms with Gasteiger partial charge in [-0.15, -0.1) is 0 Å². The molecule has 1 aromatic carbocycles. The van der Waals surface area contributed by atoms with E-state index in [2.05, 4.69) is 10.0 Å². The average Bonchev–Trinajstić information content (AvgIpc) is 2.22. The first kappa shape index (κ1) is 13.1. The predicted octanol–water partition coefficient (Wildman–Crippen LogP) is 0.632. The summed E-state index contributed by atoms with van der Waals surface area (Å²) in [6.07, 6.45) is 0. The zero-order valence-corrected chi connectivity index (χ0v) is 10.1. The van der Waals surface area contributed by atoms with Crippen molar-refractivity contribution >= 4 is 10.0 Å². The number of sulfonamides is 1. The Hall–Kier alpha value is -0.980. The quantitative estimate of drug-likeness (QED) is 0.749. The Morgan fingerprint density at radius 1 is 1.31 bits per heavy atom. The van der Waals surface area contributed by atoms with Crippen LogP contribution in [-0.4, -0.2) is 28.6 Å². The van der Waals surface area contributed by atoms with Crippen molar-refractivity contribution in [2.45, 2.75) is 11.8 Å². The first-order chi connectivity index (χ1) is 7.49. The van der Waals surface area contributed by atoms with E-state index in [1.807, 2.05) is 0 Å². The molecular weight excluding hydrogens is 231 g/mol. The molecule has 0 saturated heterocycles. The van der Waals surface area contributed by atoms with Gasteiger partial charge in [0.05, 0.1) is 4.90 Å². The maximum Gasteiger partial charge on any atom is 0.240 e. The summed E-state index contributed by atoms with van der Waals surface area (Å²) < 4.78 is 39.1. The number of rotatable bonds is 5. The molecule has 90 valence electrons. The minimum absolute atomic E-state index is 0.0106. The lowest BCUT2D eigenvalue weighted by Gasteiger charge is -2.09. The van der Waals surface area contributed by atoms with E-state index in [1.54, 1.807) is 7.05 Å². The van der Waals surface area contributed by atoms with Gasteiger partial charge in [-0.1, -0.05) is 6.07 Å². The molecule has 0 aliphatic carbocycles. The summed E-state index contributed by atoms with van der Waals surface area (Å²) in [4.78, 5) is -0.0106. The molecule has 2 N–H and O–H groups in total. The Morgan fingerprint density at radius 3 is 2.62 bits per heavy atom. The molecule has 0 saturated carbocycles. The Balaban J connectivity index is 2.94. The number of hydrogen-bond donors (Lipinski definition) is 2. The second kappa shape index (κ2) is 5.38.